The van der Waals surface area contributed by atoms with Crippen molar-refractivity contribution in [1.29, 1.82) is 0 Å². The molecule has 0 aromatic heterocycles. The first kappa shape index (κ1) is 16.3. The van der Waals surface area contributed by atoms with E-state index in [1.54, 1.807) is 29.2 Å². The van der Waals surface area contributed by atoms with Crippen molar-refractivity contribution >= 4 is 23.3 Å². The molecular weight excluding hydrogens is 282 g/mol. The number of nitrogen functional groups attached to an aromatic ring is 1. The first-order valence-electron chi connectivity index (χ1n) is 7.55. The van der Waals surface area contributed by atoms with Gasteiger partial charge < -0.3 is 16.2 Å². The zero-order chi connectivity index (χ0) is 16.3. The molecule has 0 radical (unpaired) electrons. The summed E-state index contributed by atoms with van der Waals surface area (Å²) in [5, 5.41) is 12.2. The van der Waals surface area contributed by atoms with Crippen LogP contribution >= 0.6 is 0 Å². The van der Waals surface area contributed by atoms with Crippen LogP contribution in [-0.4, -0.2) is 40.5 Å². The van der Waals surface area contributed by atoms with Gasteiger partial charge in [0.05, 0.1) is 6.04 Å². The van der Waals surface area contributed by atoms with Crippen molar-refractivity contribution in [3.8, 4) is 0 Å². The molecule has 22 heavy (non-hydrogen) atoms. The van der Waals surface area contributed by atoms with Crippen LogP contribution in [0.25, 0.3) is 0 Å². The van der Waals surface area contributed by atoms with E-state index in [4.69, 9.17) is 5.73 Å². The summed E-state index contributed by atoms with van der Waals surface area (Å²) in [6, 6.07) is 5.92. The maximum absolute atomic E-state index is 12.6. The number of carbonyl (C=O) groups is 2. The zero-order valence-corrected chi connectivity index (χ0v) is 13.0. The molecule has 120 valence electrons. The van der Waals surface area contributed by atoms with E-state index in [0.717, 1.165) is 6.42 Å². The van der Waals surface area contributed by atoms with Crippen molar-refractivity contribution in [1.82, 2.24) is 4.90 Å². The lowest BCUT2D eigenvalue weighted by Crippen LogP contribution is -2.51. The summed E-state index contributed by atoms with van der Waals surface area (Å²) < 4.78 is 0. The smallest absolute Gasteiger partial charge is 0.320 e. The van der Waals surface area contributed by atoms with Crippen molar-refractivity contribution in [3.05, 3.63) is 24.3 Å². The van der Waals surface area contributed by atoms with Crippen molar-refractivity contribution in [2.75, 3.05) is 17.6 Å². The molecule has 0 aliphatic carbocycles. The number of amides is 1. The molecule has 0 saturated carbocycles. The van der Waals surface area contributed by atoms with Crippen molar-refractivity contribution in [2.24, 2.45) is 5.92 Å². The maximum atomic E-state index is 12.6. The Labute approximate surface area is 130 Å². The average Bonchev–Trinajstić information content (AvgIpc) is 2.87. The van der Waals surface area contributed by atoms with Crippen LogP contribution in [0, 0.1) is 5.92 Å². The van der Waals surface area contributed by atoms with Gasteiger partial charge in [-0.3, -0.25) is 14.5 Å². The van der Waals surface area contributed by atoms with Gasteiger partial charge in [-0.15, -0.1) is 0 Å². The van der Waals surface area contributed by atoms with Crippen LogP contribution in [0.3, 0.4) is 0 Å². The molecule has 0 spiro atoms. The molecule has 4 N–H and O–H groups in total. The van der Waals surface area contributed by atoms with Crippen molar-refractivity contribution < 1.29 is 14.7 Å². The summed E-state index contributed by atoms with van der Waals surface area (Å²) in [6.45, 7) is 4.49. The van der Waals surface area contributed by atoms with E-state index in [9.17, 15) is 14.7 Å². The van der Waals surface area contributed by atoms with Gasteiger partial charge in [0.25, 0.3) is 0 Å². The quantitative estimate of drug-likeness (QED) is 0.721. The number of carbonyl (C=O) groups excluding carboxylic acids is 1. The number of carboxylic acid groups (broad SMARTS) is 1. The fraction of sp³-hybridized carbons (Fsp3) is 0.500. The molecule has 1 aliphatic rings. The number of hydrogen-bond donors (Lipinski definition) is 3. The van der Waals surface area contributed by atoms with Gasteiger partial charge in [-0.1, -0.05) is 19.9 Å². The van der Waals surface area contributed by atoms with Gasteiger partial charge in [-0.25, -0.2) is 0 Å². The van der Waals surface area contributed by atoms with E-state index in [0.29, 0.717) is 24.3 Å². The minimum atomic E-state index is -0.861. The van der Waals surface area contributed by atoms with E-state index in [1.807, 2.05) is 13.8 Å². The zero-order valence-electron chi connectivity index (χ0n) is 13.0. The highest BCUT2D eigenvalue weighted by atomic mass is 16.4. The molecule has 2 atom stereocenters. The molecule has 6 heteroatoms. The first-order chi connectivity index (χ1) is 10.4. The number of nitrogens with zero attached hydrogens (tertiary/aromatic N) is 1. The fourth-order valence-electron chi connectivity index (χ4n) is 3.06. The predicted molar refractivity (Wildman–Crippen MR) is 85.5 cm³/mol. The summed E-state index contributed by atoms with van der Waals surface area (Å²) >= 11 is 0. The number of benzene rings is 1. The highest BCUT2D eigenvalue weighted by molar-refractivity contribution is 5.95. The summed E-state index contributed by atoms with van der Waals surface area (Å²) in [4.78, 5) is 25.8. The Balaban J connectivity index is 2.17. The third-order valence-corrected chi connectivity index (χ3v) is 3.99. The third kappa shape index (κ3) is 3.57. The third-order valence-electron chi connectivity index (χ3n) is 3.99. The van der Waals surface area contributed by atoms with Crippen molar-refractivity contribution in [2.45, 2.75) is 38.8 Å². The highest BCUT2D eigenvalue weighted by Crippen LogP contribution is 2.25. The van der Waals surface area contributed by atoms with Crippen LogP contribution in [0.5, 0.6) is 0 Å². The maximum Gasteiger partial charge on any atom is 0.320 e. The number of hydrogen-bond acceptors (Lipinski definition) is 4. The second-order valence-corrected chi connectivity index (χ2v) is 6.04. The monoisotopic (exact) mass is 305 g/mol. The van der Waals surface area contributed by atoms with Gasteiger partial charge in [-0.05, 0) is 43.5 Å². The van der Waals surface area contributed by atoms with Gasteiger partial charge in [0.15, 0.2) is 0 Å². The molecule has 6 nitrogen and oxygen atoms in total. The Morgan fingerprint density at radius 3 is 2.73 bits per heavy atom. The van der Waals surface area contributed by atoms with E-state index in [-0.39, 0.29) is 11.8 Å². The molecule has 2 unspecified atom stereocenters. The standard InChI is InChI=1S/C16H23N3O3/c1-10(2)14(19-8-4-7-13(19)16(21)22)15(20)18-12-6-3-5-11(17)9-12/h3,5-6,9-10,13-14H,4,7-8,17H2,1-2H3,(H,18,20)(H,21,22). The summed E-state index contributed by atoms with van der Waals surface area (Å²) in [6.07, 6.45) is 1.38. The molecule has 1 fully saturated rings. The minimum Gasteiger partial charge on any atom is -0.480 e. The fourth-order valence-corrected chi connectivity index (χ4v) is 3.06. The number of nitrogens with one attached hydrogen (secondary N) is 1. The molecule has 1 amide bonds. The van der Waals surface area contributed by atoms with Crippen LogP contribution in [-0.2, 0) is 9.59 Å². The van der Waals surface area contributed by atoms with Gasteiger partial charge >= 0.3 is 5.97 Å². The normalized spacial score (nSPS) is 20.0. The van der Waals surface area contributed by atoms with E-state index >= 15 is 0 Å². The van der Waals surface area contributed by atoms with E-state index in [1.165, 1.54) is 0 Å². The van der Waals surface area contributed by atoms with Crippen LogP contribution < -0.4 is 11.1 Å². The lowest BCUT2D eigenvalue weighted by Gasteiger charge is -2.32. The number of likely N-dealkylation sites (tertiary alicyclic amines) is 1. The Bertz CT molecular complexity index is 559. The predicted octanol–water partition coefficient (Wildman–Crippen LogP) is 1.78. The summed E-state index contributed by atoms with van der Waals surface area (Å²) in [5.74, 6) is -1.03. The Hall–Kier alpha value is -2.08. The molecule has 1 aliphatic heterocycles. The number of aliphatic carboxylic acids is 1. The Kier molecular flexibility index (Phi) is 5.03. The highest BCUT2D eigenvalue weighted by Gasteiger charge is 2.39. The van der Waals surface area contributed by atoms with Crippen LogP contribution in [0.4, 0.5) is 11.4 Å². The molecule has 0 bridgehead atoms. The molecule has 1 aromatic carbocycles. The topological polar surface area (TPSA) is 95.7 Å². The van der Waals surface area contributed by atoms with Crippen molar-refractivity contribution in [3.63, 3.8) is 0 Å². The average molecular weight is 305 g/mol. The van der Waals surface area contributed by atoms with E-state index in [2.05, 4.69) is 5.32 Å². The number of rotatable bonds is 5. The molecule has 1 aromatic rings. The minimum absolute atomic E-state index is 0.0148. The van der Waals surface area contributed by atoms with Gasteiger partial charge in [-0.2, -0.15) is 0 Å². The SMILES string of the molecule is CC(C)C(C(=O)Nc1cccc(N)c1)N1CCCC1C(=O)O. The number of anilines is 2. The molecule has 1 heterocycles. The molecular formula is C16H23N3O3. The Morgan fingerprint density at radius 1 is 1.41 bits per heavy atom. The lowest BCUT2D eigenvalue weighted by atomic mass is 10.0. The van der Waals surface area contributed by atoms with Crippen LogP contribution in [0.1, 0.15) is 26.7 Å². The largest absolute Gasteiger partial charge is 0.480 e. The Morgan fingerprint density at radius 2 is 2.14 bits per heavy atom. The lowest BCUT2D eigenvalue weighted by molar-refractivity contribution is -0.144. The summed E-state index contributed by atoms with van der Waals surface area (Å²) in [7, 11) is 0. The number of nitrogens with two attached hydrogens (primary N) is 1. The second kappa shape index (κ2) is 6.79. The second-order valence-electron chi connectivity index (χ2n) is 6.04. The van der Waals surface area contributed by atoms with Crippen LogP contribution in [0.15, 0.2) is 24.3 Å². The van der Waals surface area contributed by atoms with Gasteiger partial charge in [0.1, 0.15) is 6.04 Å². The van der Waals surface area contributed by atoms with Gasteiger partial charge in [0.2, 0.25) is 5.91 Å². The van der Waals surface area contributed by atoms with Gasteiger partial charge in [0, 0.05) is 11.4 Å². The molecule has 2 rings (SSSR count). The number of carboxylic acids is 1. The summed E-state index contributed by atoms with van der Waals surface area (Å²) in [5.41, 5.74) is 6.91. The van der Waals surface area contributed by atoms with E-state index < -0.39 is 18.1 Å². The molecule has 1 saturated heterocycles. The van der Waals surface area contributed by atoms with Crippen LogP contribution in [0.2, 0.25) is 0 Å². The first-order valence-corrected chi connectivity index (χ1v) is 7.55.